The van der Waals surface area contributed by atoms with Gasteiger partial charge in [-0.2, -0.15) is 0 Å². The van der Waals surface area contributed by atoms with Gasteiger partial charge in [0.2, 0.25) is 11.8 Å². The normalized spacial score (nSPS) is 27.3. The third kappa shape index (κ3) is 4.59. The summed E-state index contributed by atoms with van der Waals surface area (Å²) in [6.45, 7) is 1.77. The Morgan fingerprint density at radius 3 is 2.41 bits per heavy atom. The van der Waals surface area contributed by atoms with E-state index in [1.807, 2.05) is 55.5 Å². The van der Waals surface area contributed by atoms with Crippen LogP contribution in [0.5, 0.6) is 11.5 Å². The number of ether oxygens (including phenoxy) is 2. The predicted molar refractivity (Wildman–Crippen MR) is 176 cm³/mol. The number of fused-ring (bicyclic) bond motifs is 9. The first-order chi connectivity index (χ1) is 22.3. The molecule has 0 radical (unpaired) electrons. The Kier molecular flexibility index (Phi) is 7.06. The zero-order valence-electron chi connectivity index (χ0n) is 25.1. The summed E-state index contributed by atoms with van der Waals surface area (Å²) in [7, 11) is 1.58. The van der Waals surface area contributed by atoms with Crippen LogP contribution in [0.15, 0.2) is 82.6 Å². The Bertz CT molecular complexity index is 1920. The average Bonchev–Trinajstić information content (AvgIpc) is 3.80. The number of nitrogens with zero attached hydrogens (tertiary/aromatic N) is 1. The van der Waals surface area contributed by atoms with Gasteiger partial charge in [-0.05, 0) is 73.6 Å². The van der Waals surface area contributed by atoms with Crippen LogP contribution in [0.3, 0.4) is 0 Å². The number of imide groups is 1. The molecule has 234 valence electrons. The Hall–Kier alpha value is -4.35. The van der Waals surface area contributed by atoms with Crippen molar-refractivity contribution in [2.75, 3.05) is 23.9 Å². The molecule has 2 bridgehead atoms. The maximum absolute atomic E-state index is 14.0. The van der Waals surface area contributed by atoms with Gasteiger partial charge in [-0.25, -0.2) is 0 Å². The average molecular weight is 654 g/mol. The van der Waals surface area contributed by atoms with Gasteiger partial charge < -0.3 is 19.8 Å². The fraction of sp³-hybridized carbons (Fsp3) is 0.314. The van der Waals surface area contributed by atoms with Crippen molar-refractivity contribution >= 4 is 52.2 Å². The third-order valence-corrected chi connectivity index (χ3v) is 12.6. The van der Waals surface area contributed by atoms with Gasteiger partial charge in [-0.1, -0.05) is 47.2 Å². The predicted octanol–water partition coefficient (Wildman–Crippen LogP) is 5.45. The fourth-order valence-electron chi connectivity index (χ4n) is 8.20. The van der Waals surface area contributed by atoms with Gasteiger partial charge in [0.25, 0.3) is 5.91 Å². The SMILES string of the molecule is COc1ccc(NC(=O)COc2ccccc2[C@H]2c3sc(=O)[nH]c3SC3C4CC(C5C(=O)N(c6ccc(C)cc6)C(=O)C45)C32)cc1. The smallest absolute Gasteiger partial charge is 0.305 e. The summed E-state index contributed by atoms with van der Waals surface area (Å²) < 4.78 is 11.4. The number of hydrogen-bond acceptors (Lipinski definition) is 8. The van der Waals surface area contributed by atoms with Crippen molar-refractivity contribution in [1.82, 2.24) is 4.98 Å². The molecule has 2 saturated carbocycles. The number of carbonyl (C=O) groups is 3. The molecule has 46 heavy (non-hydrogen) atoms. The second kappa shape index (κ2) is 11.2. The molecule has 2 aliphatic heterocycles. The number of carbonyl (C=O) groups excluding carboxylic acids is 3. The van der Waals surface area contributed by atoms with Gasteiger partial charge in [-0.15, -0.1) is 11.8 Å². The summed E-state index contributed by atoms with van der Waals surface area (Å²) in [6.07, 6.45) is 0.792. The molecule has 3 fully saturated rings. The molecule has 11 heteroatoms. The van der Waals surface area contributed by atoms with Crippen LogP contribution < -0.4 is 24.6 Å². The van der Waals surface area contributed by atoms with Gasteiger partial charge in [-0.3, -0.25) is 24.1 Å². The number of H-pyrrole nitrogens is 1. The highest BCUT2D eigenvalue weighted by atomic mass is 32.2. The van der Waals surface area contributed by atoms with Crippen molar-refractivity contribution in [1.29, 1.82) is 0 Å². The van der Waals surface area contributed by atoms with E-state index in [9.17, 15) is 19.2 Å². The highest BCUT2D eigenvalue weighted by Crippen LogP contribution is 2.69. The number of aryl methyl sites for hydroxylation is 1. The molecule has 3 heterocycles. The number of aromatic amines is 1. The summed E-state index contributed by atoms with van der Waals surface area (Å²) in [5.74, 6) is -0.280. The molecule has 2 N–H and O–H groups in total. The van der Waals surface area contributed by atoms with Gasteiger partial charge in [0.05, 0.1) is 29.7 Å². The van der Waals surface area contributed by atoms with E-state index in [2.05, 4.69) is 10.3 Å². The van der Waals surface area contributed by atoms with Crippen LogP contribution in [0.4, 0.5) is 11.4 Å². The van der Waals surface area contributed by atoms with Crippen molar-refractivity contribution in [2.24, 2.45) is 29.6 Å². The van der Waals surface area contributed by atoms with E-state index < -0.39 is 5.92 Å². The van der Waals surface area contributed by atoms with Crippen LogP contribution in [-0.2, 0) is 14.4 Å². The van der Waals surface area contributed by atoms with Gasteiger partial charge >= 0.3 is 4.87 Å². The number of rotatable bonds is 7. The molecular weight excluding hydrogens is 623 g/mol. The number of methoxy groups -OCH3 is 1. The minimum absolute atomic E-state index is 0.0132. The van der Waals surface area contributed by atoms with Crippen LogP contribution in [-0.4, -0.2) is 41.7 Å². The molecule has 8 rings (SSSR count). The number of benzene rings is 3. The maximum atomic E-state index is 14.0. The second-order valence-corrected chi connectivity index (χ2v) is 14.6. The Balaban J connectivity index is 1.10. The molecule has 1 saturated heterocycles. The molecule has 3 amide bonds. The van der Waals surface area contributed by atoms with Crippen LogP contribution in [0.2, 0.25) is 0 Å². The zero-order chi connectivity index (χ0) is 31.7. The molecule has 0 spiro atoms. The second-order valence-electron chi connectivity index (χ2n) is 12.4. The monoisotopic (exact) mass is 653 g/mol. The largest absolute Gasteiger partial charge is 0.497 e. The van der Waals surface area contributed by atoms with Crippen molar-refractivity contribution in [3.63, 3.8) is 0 Å². The van der Waals surface area contributed by atoms with Crippen LogP contribution in [0.25, 0.3) is 0 Å². The van der Waals surface area contributed by atoms with E-state index in [-0.39, 0.29) is 64.0 Å². The van der Waals surface area contributed by atoms with Crippen molar-refractivity contribution < 1.29 is 23.9 Å². The summed E-state index contributed by atoms with van der Waals surface area (Å²) in [5, 5.41) is 3.73. The number of hydrogen-bond donors (Lipinski definition) is 2. The molecule has 3 aromatic carbocycles. The number of thioether (sulfide) groups is 1. The summed E-state index contributed by atoms with van der Waals surface area (Å²) in [5.41, 5.74) is 3.19. The number of anilines is 2. The summed E-state index contributed by atoms with van der Waals surface area (Å²) in [4.78, 5) is 58.8. The Labute approximate surface area is 273 Å². The van der Waals surface area contributed by atoms with Gasteiger partial charge in [0, 0.05) is 27.3 Å². The van der Waals surface area contributed by atoms with E-state index in [1.165, 1.54) is 16.2 Å². The molecule has 1 aromatic heterocycles. The van der Waals surface area contributed by atoms with Crippen molar-refractivity contribution in [2.45, 2.75) is 29.5 Å². The van der Waals surface area contributed by atoms with Crippen LogP contribution in [0, 0.1) is 36.5 Å². The number of amides is 3. The first-order valence-corrected chi connectivity index (χ1v) is 17.0. The topological polar surface area (TPSA) is 118 Å². The molecule has 7 atom stereocenters. The minimum Gasteiger partial charge on any atom is -0.497 e. The highest BCUT2D eigenvalue weighted by molar-refractivity contribution is 8.00. The zero-order valence-corrected chi connectivity index (χ0v) is 26.7. The van der Waals surface area contributed by atoms with Crippen LogP contribution >= 0.6 is 23.1 Å². The molecule has 6 unspecified atom stereocenters. The molecular formula is C35H31N3O6S2. The third-order valence-electron chi connectivity index (χ3n) is 10.0. The van der Waals surface area contributed by atoms with Crippen molar-refractivity contribution in [3.05, 3.63) is 98.5 Å². The van der Waals surface area contributed by atoms with E-state index >= 15 is 0 Å². The lowest BCUT2D eigenvalue weighted by molar-refractivity contribution is -0.123. The minimum atomic E-state index is -0.399. The summed E-state index contributed by atoms with van der Waals surface area (Å²) in [6, 6.07) is 22.2. The van der Waals surface area contributed by atoms with Gasteiger partial charge in [0.15, 0.2) is 6.61 Å². The number of nitrogens with one attached hydrogen (secondary N) is 2. The quantitative estimate of drug-likeness (QED) is 0.255. The molecule has 4 aromatic rings. The maximum Gasteiger partial charge on any atom is 0.305 e. The van der Waals surface area contributed by atoms with E-state index in [0.29, 0.717) is 22.9 Å². The van der Waals surface area contributed by atoms with E-state index in [4.69, 9.17) is 9.47 Å². The highest BCUT2D eigenvalue weighted by Gasteiger charge is 2.69. The number of para-hydroxylation sites is 1. The first kappa shape index (κ1) is 29.1. The first-order valence-electron chi connectivity index (χ1n) is 15.3. The van der Waals surface area contributed by atoms with Crippen molar-refractivity contribution in [3.8, 4) is 11.5 Å². The number of thiazole rings is 1. The standard InChI is InChI=1S/C35H31N3O6S2/c1-17-7-11-19(12-8-17)38-33(40)28-22-15-23(29(28)34(38)41)30-27(22)26(31-32(45-30)37-35(42)46-31)21-5-3-4-6-24(21)44-16-25(39)36-18-9-13-20(43-2)14-10-18/h3-14,22-23,26-30H,15-16H2,1-2H3,(H,36,39)(H,37,42)/t22?,23?,26-,27?,28?,29?,30?/m1/s1. The van der Waals surface area contributed by atoms with E-state index in [0.717, 1.165) is 27.5 Å². The molecule has 9 nitrogen and oxygen atoms in total. The Morgan fingerprint density at radius 1 is 0.957 bits per heavy atom. The number of aromatic nitrogens is 1. The van der Waals surface area contributed by atoms with E-state index in [1.54, 1.807) is 43.1 Å². The van der Waals surface area contributed by atoms with Crippen LogP contribution in [0.1, 0.15) is 28.3 Å². The lowest BCUT2D eigenvalue weighted by Crippen LogP contribution is -2.42. The molecule has 2 aliphatic carbocycles. The lowest BCUT2D eigenvalue weighted by atomic mass is 9.68. The lowest BCUT2D eigenvalue weighted by Gasteiger charge is -2.43. The molecule has 4 aliphatic rings. The van der Waals surface area contributed by atoms with Gasteiger partial charge in [0.1, 0.15) is 11.5 Å². The Morgan fingerprint density at radius 2 is 1.67 bits per heavy atom. The summed E-state index contributed by atoms with van der Waals surface area (Å²) >= 11 is 2.84. The fourth-order valence-corrected chi connectivity index (χ4v) is 11.1.